The molecule has 1 saturated heterocycles. The average molecular weight is 481 g/mol. The average Bonchev–Trinajstić information content (AvgIpc) is 2.79. The molecule has 0 bridgehead atoms. The molecule has 1 N–H and O–H groups in total. The van der Waals surface area contributed by atoms with E-state index in [0.717, 1.165) is 6.20 Å². The van der Waals surface area contributed by atoms with Gasteiger partial charge in [0.05, 0.1) is 10.6 Å². The van der Waals surface area contributed by atoms with Crippen molar-refractivity contribution >= 4 is 58.2 Å². The molecule has 0 atom stereocenters. The van der Waals surface area contributed by atoms with Gasteiger partial charge in [-0.05, 0) is 60.3 Å². The quantitative estimate of drug-likeness (QED) is 0.191. The summed E-state index contributed by atoms with van der Waals surface area (Å²) >= 11 is 11.1. The summed E-state index contributed by atoms with van der Waals surface area (Å²) in [4.78, 5) is 40.7. The Morgan fingerprint density at radius 1 is 1.06 bits per heavy atom. The predicted octanol–water partition coefficient (Wildman–Crippen LogP) is 4.27. The standard InChI is InChI=1S/C22H13ClN4O5S/c23-14-3-5-15(6-4-14)26-21(29)18(20(28)25-22(26)33)11-13-1-8-17(9-2-13)32-19-10-7-16(12-24-19)27(30)31/h1-12H,(H,25,28,33)/b18-11-. The van der Waals surface area contributed by atoms with Crippen molar-refractivity contribution in [1.82, 2.24) is 10.3 Å². The number of nitrogens with one attached hydrogen (secondary N) is 1. The molecule has 0 spiro atoms. The van der Waals surface area contributed by atoms with Crippen LogP contribution in [0.15, 0.2) is 72.4 Å². The van der Waals surface area contributed by atoms with E-state index in [1.54, 1.807) is 48.5 Å². The van der Waals surface area contributed by atoms with E-state index in [1.165, 1.54) is 23.1 Å². The van der Waals surface area contributed by atoms with Crippen LogP contribution in [0.2, 0.25) is 5.02 Å². The van der Waals surface area contributed by atoms with Crippen LogP contribution in [0.25, 0.3) is 6.08 Å². The van der Waals surface area contributed by atoms with Crippen LogP contribution in [0.5, 0.6) is 11.6 Å². The predicted molar refractivity (Wildman–Crippen MR) is 125 cm³/mol. The molecule has 2 amide bonds. The second-order valence-electron chi connectivity index (χ2n) is 6.72. The molecule has 9 nitrogen and oxygen atoms in total. The topological polar surface area (TPSA) is 115 Å². The van der Waals surface area contributed by atoms with Crippen LogP contribution in [0, 0.1) is 10.1 Å². The monoisotopic (exact) mass is 480 g/mol. The first-order chi connectivity index (χ1) is 15.8. The fraction of sp³-hybridized carbons (Fsp3) is 0. The second kappa shape index (κ2) is 9.15. The van der Waals surface area contributed by atoms with Crippen molar-refractivity contribution in [3.05, 3.63) is 93.1 Å². The molecule has 164 valence electrons. The summed E-state index contributed by atoms with van der Waals surface area (Å²) in [5.74, 6) is -0.574. The minimum absolute atomic E-state index is 0.0242. The molecule has 3 aromatic rings. The minimum atomic E-state index is -0.606. The van der Waals surface area contributed by atoms with Crippen molar-refractivity contribution < 1.29 is 19.2 Å². The highest BCUT2D eigenvalue weighted by Gasteiger charge is 2.34. The summed E-state index contributed by atoms with van der Waals surface area (Å²) in [6.07, 6.45) is 2.54. The Hall–Kier alpha value is -4.15. The molecule has 2 aromatic carbocycles. The summed E-state index contributed by atoms with van der Waals surface area (Å²) in [7, 11) is 0. The first-order valence-electron chi connectivity index (χ1n) is 9.37. The molecule has 1 fully saturated rings. The highest BCUT2D eigenvalue weighted by Crippen LogP contribution is 2.25. The maximum absolute atomic E-state index is 13.0. The van der Waals surface area contributed by atoms with Crippen molar-refractivity contribution in [2.45, 2.75) is 0 Å². The fourth-order valence-corrected chi connectivity index (χ4v) is 3.35. The van der Waals surface area contributed by atoms with E-state index < -0.39 is 16.7 Å². The number of nitro groups is 1. The van der Waals surface area contributed by atoms with Gasteiger partial charge in [-0.2, -0.15) is 0 Å². The van der Waals surface area contributed by atoms with Crippen LogP contribution in [-0.4, -0.2) is 26.8 Å². The van der Waals surface area contributed by atoms with Gasteiger partial charge < -0.3 is 4.74 Å². The Morgan fingerprint density at radius 2 is 1.76 bits per heavy atom. The third-order valence-corrected chi connectivity index (χ3v) is 5.07. The highest BCUT2D eigenvalue weighted by molar-refractivity contribution is 7.80. The zero-order valence-corrected chi connectivity index (χ0v) is 18.2. The Bertz CT molecular complexity index is 1290. The number of carbonyl (C=O) groups is 2. The lowest BCUT2D eigenvalue weighted by atomic mass is 10.1. The van der Waals surface area contributed by atoms with Gasteiger partial charge in [0.1, 0.15) is 17.5 Å². The smallest absolute Gasteiger partial charge is 0.287 e. The number of hydrogen-bond acceptors (Lipinski definition) is 7. The lowest BCUT2D eigenvalue weighted by Gasteiger charge is -2.28. The number of benzene rings is 2. The number of halogens is 1. The number of amides is 2. The highest BCUT2D eigenvalue weighted by atomic mass is 35.5. The van der Waals surface area contributed by atoms with Crippen molar-refractivity contribution in [1.29, 1.82) is 0 Å². The third-order valence-electron chi connectivity index (χ3n) is 4.53. The van der Waals surface area contributed by atoms with Crippen LogP contribution in [0.3, 0.4) is 0 Å². The Labute approximate surface area is 197 Å². The van der Waals surface area contributed by atoms with Gasteiger partial charge in [-0.1, -0.05) is 23.7 Å². The van der Waals surface area contributed by atoms with E-state index in [1.807, 2.05) is 0 Å². The summed E-state index contributed by atoms with van der Waals surface area (Å²) < 4.78 is 5.56. The largest absolute Gasteiger partial charge is 0.439 e. The molecular weight excluding hydrogens is 468 g/mol. The van der Waals surface area contributed by atoms with Gasteiger partial charge >= 0.3 is 0 Å². The van der Waals surface area contributed by atoms with Crippen LogP contribution in [-0.2, 0) is 9.59 Å². The van der Waals surface area contributed by atoms with E-state index in [0.29, 0.717) is 22.0 Å². The normalized spacial score (nSPS) is 14.9. The molecule has 0 radical (unpaired) electrons. The van der Waals surface area contributed by atoms with Gasteiger partial charge in [0, 0.05) is 17.2 Å². The van der Waals surface area contributed by atoms with E-state index in [9.17, 15) is 19.7 Å². The third kappa shape index (κ3) is 4.86. The second-order valence-corrected chi connectivity index (χ2v) is 7.54. The van der Waals surface area contributed by atoms with Crippen molar-refractivity contribution in [2.75, 3.05) is 4.90 Å². The summed E-state index contributed by atoms with van der Waals surface area (Å²) in [5, 5.41) is 13.7. The molecule has 0 aliphatic carbocycles. The van der Waals surface area contributed by atoms with E-state index in [4.69, 9.17) is 28.6 Å². The molecule has 11 heteroatoms. The maximum atomic E-state index is 13.0. The van der Waals surface area contributed by atoms with Crippen molar-refractivity contribution in [2.24, 2.45) is 0 Å². The summed E-state index contributed by atoms with van der Waals surface area (Å²) in [6.45, 7) is 0. The molecular formula is C22H13ClN4O5S. The van der Waals surface area contributed by atoms with Gasteiger partial charge in [0.25, 0.3) is 17.5 Å². The van der Waals surface area contributed by atoms with Crippen LogP contribution in [0.1, 0.15) is 5.56 Å². The maximum Gasteiger partial charge on any atom is 0.287 e. The number of anilines is 1. The molecule has 2 heterocycles. The first-order valence-corrected chi connectivity index (χ1v) is 10.2. The van der Waals surface area contributed by atoms with Gasteiger partial charge in [0.15, 0.2) is 5.11 Å². The zero-order chi connectivity index (χ0) is 23.5. The number of pyridine rings is 1. The molecule has 1 aromatic heterocycles. The molecule has 0 saturated carbocycles. The SMILES string of the molecule is O=C1NC(=S)N(c2ccc(Cl)cc2)C(=O)/C1=C\c1ccc(Oc2ccc([N+](=O)[O-])cn2)cc1. The van der Waals surface area contributed by atoms with E-state index in [-0.39, 0.29) is 22.3 Å². The van der Waals surface area contributed by atoms with Crippen molar-refractivity contribution in [3.63, 3.8) is 0 Å². The number of hydrogen-bond donors (Lipinski definition) is 1. The minimum Gasteiger partial charge on any atom is -0.439 e. The lowest BCUT2D eigenvalue weighted by molar-refractivity contribution is -0.385. The zero-order valence-electron chi connectivity index (χ0n) is 16.6. The van der Waals surface area contributed by atoms with Crippen molar-refractivity contribution in [3.8, 4) is 11.6 Å². The first kappa shape index (κ1) is 22.1. The lowest BCUT2D eigenvalue weighted by Crippen LogP contribution is -2.54. The fourth-order valence-electron chi connectivity index (χ4n) is 2.94. The Morgan fingerprint density at radius 3 is 2.36 bits per heavy atom. The van der Waals surface area contributed by atoms with Crippen LogP contribution >= 0.6 is 23.8 Å². The van der Waals surface area contributed by atoms with Gasteiger partial charge in [-0.15, -0.1) is 0 Å². The molecule has 33 heavy (non-hydrogen) atoms. The molecule has 1 aliphatic heterocycles. The van der Waals surface area contributed by atoms with E-state index >= 15 is 0 Å². The van der Waals surface area contributed by atoms with Gasteiger partial charge in [-0.25, -0.2) is 4.98 Å². The number of rotatable bonds is 5. The summed E-state index contributed by atoms with van der Waals surface area (Å²) in [6, 6.07) is 15.7. The van der Waals surface area contributed by atoms with Gasteiger partial charge in [-0.3, -0.25) is 29.9 Å². The number of nitrogens with zero attached hydrogens (tertiary/aromatic N) is 3. The van der Waals surface area contributed by atoms with E-state index in [2.05, 4.69) is 10.3 Å². The molecule has 0 unspecified atom stereocenters. The Balaban J connectivity index is 1.54. The summed E-state index contributed by atoms with van der Waals surface area (Å²) in [5.41, 5.74) is 0.803. The van der Waals surface area contributed by atoms with Crippen LogP contribution in [0.4, 0.5) is 11.4 Å². The van der Waals surface area contributed by atoms with Crippen LogP contribution < -0.4 is 15.0 Å². The van der Waals surface area contributed by atoms with Gasteiger partial charge in [0.2, 0.25) is 5.88 Å². The number of ether oxygens (including phenoxy) is 1. The molecule has 4 rings (SSSR count). The number of aromatic nitrogens is 1. The Kier molecular flexibility index (Phi) is 6.11. The number of thiocarbonyl (C=S) groups is 1. The molecule has 1 aliphatic rings. The number of carbonyl (C=O) groups excluding carboxylic acids is 2.